The van der Waals surface area contributed by atoms with Crippen LogP contribution in [0.3, 0.4) is 0 Å². The maximum Gasteiger partial charge on any atom is 0.272 e. The Balaban J connectivity index is 1.44. The first-order valence-corrected chi connectivity index (χ1v) is 9.45. The van der Waals surface area contributed by atoms with Crippen LogP contribution in [0, 0.1) is 5.92 Å². The molecule has 134 valence electrons. The highest BCUT2D eigenvalue weighted by atomic mass is 79.9. The normalized spacial score (nSPS) is 20.3. The average Bonchev–Trinajstić information content (AvgIpc) is 3.42. The SMILES string of the molecule is O=C1NN=Cc2c(Br)[nH]c3cc(NC(=O)C4CC4c4ccccc4)cc1c23. The van der Waals surface area contributed by atoms with Crippen LogP contribution >= 0.6 is 15.9 Å². The molecule has 27 heavy (non-hydrogen) atoms. The van der Waals surface area contributed by atoms with Crippen molar-refractivity contribution in [2.24, 2.45) is 11.0 Å². The van der Waals surface area contributed by atoms with E-state index in [0.29, 0.717) is 11.3 Å². The molecule has 1 aliphatic heterocycles. The van der Waals surface area contributed by atoms with Gasteiger partial charge in [0.15, 0.2) is 0 Å². The number of nitrogens with zero attached hydrogens (tertiary/aromatic N) is 1. The maximum absolute atomic E-state index is 12.7. The molecule has 0 bridgehead atoms. The summed E-state index contributed by atoms with van der Waals surface area (Å²) in [5.41, 5.74) is 6.33. The summed E-state index contributed by atoms with van der Waals surface area (Å²) in [6.07, 6.45) is 2.45. The number of hydrogen-bond acceptors (Lipinski definition) is 3. The lowest BCUT2D eigenvalue weighted by atomic mass is 10.0. The van der Waals surface area contributed by atoms with Crippen molar-refractivity contribution in [2.45, 2.75) is 12.3 Å². The van der Waals surface area contributed by atoms with Crippen molar-refractivity contribution in [3.05, 3.63) is 63.8 Å². The van der Waals surface area contributed by atoms with Gasteiger partial charge in [0.2, 0.25) is 5.91 Å². The number of anilines is 1. The third-order valence-corrected chi connectivity index (χ3v) is 5.74. The van der Waals surface area contributed by atoms with Gasteiger partial charge in [-0.2, -0.15) is 5.10 Å². The maximum atomic E-state index is 12.7. The summed E-state index contributed by atoms with van der Waals surface area (Å²) >= 11 is 3.46. The molecule has 2 aliphatic rings. The van der Waals surface area contributed by atoms with Crippen molar-refractivity contribution in [3.8, 4) is 0 Å². The minimum atomic E-state index is -0.300. The van der Waals surface area contributed by atoms with Crippen LogP contribution < -0.4 is 10.7 Å². The molecule has 7 heteroatoms. The van der Waals surface area contributed by atoms with Crippen LogP contribution in [-0.4, -0.2) is 23.0 Å². The first kappa shape index (κ1) is 16.3. The largest absolute Gasteiger partial charge is 0.349 e. The first-order chi connectivity index (χ1) is 13.1. The van der Waals surface area contributed by atoms with Crippen LogP contribution in [0.2, 0.25) is 0 Å². The van der Waals surface area contributed by atoms with E-state index < -0.39 is 0 Å². The number of carbonyl (C=O) groups is 2. The molecule has 2 aromatic carbocycles. The second-order valence-electron chi connectivity index (χ2n) is 6.85. The zero-order chi connectivity index (χ0) is 18.5. The van der Waals surface area contributed by atoms with Gasteiger partial charge in [0.1, 0.15) is 0 Å². The Morgan fingerprint density at radius 1 is 1.22 bits per heavy atom. The lowest BCUT2D eigenvalue weighted by Gasteiger charge is -2.08. The van der Waals surface area contributed by atoms with Crippen molar-refractivity contribution < 1.29 is 9.59 Å². The Kier molecular flexibility index (Phi) is 3.65. The second kappa shape index (κ2) is 6.06. The molecule has 3 aromatic rings. The fraction of sp³-hybridized carbons (Fsp3) is 0.150. The topological polar surface area (TPSA) is 86.3 Å². The van der Waals surface area contributed by atoms with Gasteiger partial charge in [-0.25, -0.2) is 5.43 Å². The summed E-state index contributed by atoms with van der Waals surface area (Å²) in [6, 6.07) is 13.6. The van der Waals surface area contributed by atoms with Crippen LogP contribution in [0.4, 0.5) is 5.69 Å². The number of aromatic nitrogens is 1. The van der Waals surface area contributed by atoms with Crippen molar-refractivity contribution in [1.82, 2.24) is 10.4 Å². The summed E-state index contributed by atoms with van der Waals surface area (Å²) < 4.78 is 0.744. The van der Waals surface area contributed by atoms with E-state index in [-0.39, 0.29) is 23.7 Å². The van der Waals surface area contributed by atoms with E-state index >= 15 is 0 Å². The van der Waals surface area contributed by atoms with Gasteiger partial charge in [-0.3, -0.25) is 9.59 Å². The summed E-state index contributed by atoms with van der Waals surface area (Å²) in [6.45, 7) is 0. The number of H-pyrrole nitrogens is 1. The molecule has 1 saturated carbocycles. The fourth-order valence-corrected chi connectivity index (χ4v) is 4.22. The van der Waals surface area contributed by atoms with Gasteiger partial charge in [-0.1, -0.05) is 30.3 Å². The minimum Gasteiger partial charge on any atom is -0.349 e. The lowest BCUT2D eigenvalue weighted by molar-refractivity contribution is -0.117. The molecule has 1 aromatic heterocycles. The number of aromatic amines is 1. The zero-order valence-electron chi connectivity index (χ0n) is 14.1. The molecular weight excluding hydrogens is 408 g/mol. The molecule has 0 radical (unpaired) electrons. The third-order valence-electron chi connectivity index (χ3n) is 5.12. The number of nitrogens with one attached hydrogen (secondary N) is 3. The van der Waals surface area contributed by atoms with Crippen LogP contribution in [0.15, 0.2) is 52.2 Å². The number of carbonyl (C=O) groups excluding carboxylic acids is 2. The Labute approximate surface area is 163 Å². The van der Waals surface area contributed by atoms with Crippen LogP contribution in [0.25, 0.3) is 10.9 Å². The van der Waals surface area contributed by atoms with E-state index in [0.717, 1.165) is 27.5 Å². The van der Waals surface area contributed by atoms with Crippen LogP contribution in [-0.2, 0) is 4.79 Å². The standard InChI is InChI=1S/C20H15BrN4O2/c21-18-15-9-22-25-20(27)14-6-11(7-16(24-18)17(14)15)23-19(26)13-8-12(13)10-4-2-1-3-5-10/h1-7,9,12-13,24H,8H2,(H,23,26)(H,25,27). The molecular formula is C20H15BrN4O2. The predicted molar refractivity (Wildman–Crippen MR) is 107 cm³/mol. The monoisotopic (exact) mass is 422 g/mol. The molecule has 5 rings (SSSR count). The summed E-state index contributed by atoms with van der Waals surface area (Å²) in [7, 11) is 0. The number of hydrazone groups is 1. The number of rotatable bonds is 3. The van der Waals surface area contributed by atoms with Crippen molar-refractivity contribution in [3.63, 3.8) is 0 Å². The van der Waals surface area contributed by atoms with Gasteiger partial charge in [0.25, 0.3) is 5.91 Å². The first-order valence-electron chi connectivity index (χ1n) is 8.66. The Hall–Kier alpha value is -2.93. The van der Waals surface area contributed by atoms with Gasteiger partial charge in [0, 0.05) is 28.1 Å². The predicted octanol–water partition coefficient (Wildman–Crippen LogP) is 3.75. The van der Waals surface area contributed by atoms with Gasteiger partial charge in [-0.05, 0) is 46.0 Å². The molecule has 1 aliphatic carbocycles. The number of halogens is 1. The smallest absolute Gasteiger partial charge is 0.272 e. The molecule has 3 N–H and O–H groups in total. The van der Waals surface area contributed by atoms with Crippen molar-refractivity contribution >= 4 is 50.5 Å². The summed E-state index contributed by atoms with van der Waals surface area (Å²) in [5.74, 6) is -0.0949. The molecule has 2 amide bonds. The van der Waals surface area contributed by atoms with Gasteiger partial charge in [-0.15, -0.1) is 0 Å². The molecule has 1 fully saturated rings. The van der Waals surface area contributed by atoms with Crippen molar-refractivity contribution in [1.29, 1.82) is 0 Å². The van der Waals surface area contributed by atoms with E-state index in [9.17, 15) is 9.59 Å². The number of hydrogen-bond donors (Lipinski definition) is 3. The minimum absolute atomic E-state index is 0.0217. The highest BCUT2D eigenvalue weighted by molar-refractivity contribution is 9.10. The molecule has 2 atom stereocenters. The van der Waals surface area contributed by atoms with E-state index in [1.54, 1.807) is 12.3 Å². The molecule has 0 spiro atoms. The number of amides is 2. The van der Waals surface area contributed by atoms with Gasteiger partial charge in [0.05, 0.1) is 16.4 Å². The third kappa shape index (κ3) is 2.75. The number of benzene rings is 2. The summed E-state index contributed by atoms with van der Waals surface area (Å²) in [5, 5.41) is 7.69. The Morgan fingerprint density at radius 2 is 2.04 bits per heavy atom. The molecule has 2 heterocycles. The van der Waals surface area contributed by atoms with E-state index in [1.165, 1.54) is 5.56 Å². The average molecular weight is 423 g/mol. The highest BCUT2D eigenvalue weighted by Gasteiger charge is 2.43. The van der Waals surface area contributed by atoms with E-state index in [2.05, 4.69) is 48.9 Å². The van der Waals surface area contributed by atoms with Crippen LogP contribution in [0.1, 0.15) is 33.8 Å². The van der Waals surface area contributed by atoms with Gasteiger partial charge >= 0.3 is 0 Å². The lowest BCUT2D eigenvalue weighted by Crippen LogP contribution is -2.18. The van der Waals surface area contributed by atoms with E-state index in [4.69, 9.17) is 0 Å². The fourth-order valence-electron chi connectivity index (χ4n) is 3.70. The zero-order valence-corrected chi connectivity index (χ0v) is 15.7. The quantitative estimate of drug-likeness (QED) is 0.600. The molecule has 6 nitrogen and oxygen atoms in total. The summed E-state index contributed by atoms with van der Waals surface area (Å²) in [4.78, 5) is 28.2. The van der Waals surface area contributed by atoms with Gasteiger partial charge < -0.3 is 10.3 Å². The highest BCUT2D eigenvalue weighted by Crippen LogP contribution is 2.48. The van der Waals surface area contributed by atoms with E-state index in [1.807, 2.05) is 24.3 Å². The molecule has 0 saturated heterocycles. The van der Waals surface area contributed by atoms with Crippen molar-refractivity contribution in [2.75, 3.05) is 5.32 Å². The molecule has 2 unspecified atom stereocenters. The van der Waals surface area contributed by atoms with Crippen LogP contribution in [0.5, 0.6) is 0 Å². The Bertz CT molecular complexity index is 1120. The Morgan fingerprint density at radius 3 is 2.85 bits per heavy atom. The second-order valence-corrected chi connectivity index (χ2v) is 7.64.